The minimum atomic E-state index is 0.104. The van der Waals surface area contributed by atoms with Gasteiger partial charge in [0, 0.05) is 50.1 Å². The van der Waals surface area contributed by atoms with E-state index < -0.39 is 0 Å². The van der Waals surface area contributed by atoms with Crippen LogP contribution in [0.15, 0.2) is 36.2 Å². The minimum absolute atomic E-state index is 0.104. The summed E-state index contributed by atoms with van der Waals surface area (Å²) in [6.07, 6.45) is 9.14. The topological polar surface area (TPSA) is 65.5 Å². The van der Waals surface area contributed by atoms with Gasteiger partial charge < -0.3 is 15.1 Å². The summed E-state index contributed by atoms with van der Waals surface area (Å²) in [5, 5.41) is 3.05. The molecule has 0 saturated carbocycles. The van der Waals surface area contributed by atoms with Crippen LogP contribution in [-0.4, -0.2) is 58.8 Å². The zero-order chi connectivity index (χ0) is 19.9. The predicted octanol–water partition coefficient (Wildman–Crippen LogP) is 2.37. The van der Waals surface area contributed by atoms with E-state index in [1.807, 2.05) is 30.9 Å². The van der Waals surface area contributed by atoms with Gasteiger partial charge in [0.25, 0.3) is 0 Å². The number of amides is 2. The van der Waals surface area contributed by atoms with E-state index in [0.29, 0.717) is 12.6 Å². The first-order valence-electron chi connectivity index (χ1n) is 10.4. The van der Waals surface area contributed by atoms with Crippen LogP contribution in [0, 0.1) is 5.92 Å². The SMILES string of the molecule is CC(C)=CC(=O)N1CCC(N2CCC(C(=O)NCc3cccnc3)CC2)CC1. The van der Waals surface area contributed by atoms with Gasteiger partial charge in [0.15, 0.2) is 0 Å². The van der Waals surface area contributed by atoms with Crippen molar-refractivity contribution in [2.24, 2.45) is 5.92 Å². The summed E-state index contributed by atoms with van der Waals surface area (Å²) in [6, 6.07) is 4.40. The molecule has 28 heavy (non-hydrogen) atoms. The van der Waals surface area contributed by atoms with Gasteiger partial charge in [0.1, 0.15) is 0 Å². The summed E-state index contributed by atoms with van der Waals surface area (Å²) < 4.78 is 0. The number of carbonyl (C=O) groups is 2. The van der Waals surface area contributed by atoms with E-state index in [2.05, 4.69) is 15.2 Å². The van der Waals surface area contributed by atoms with Crippen LogP contribution in [0.25, 0.3) is 0 Å². The summed E-state index contributed by atoms with van der Waals surface area (Å²) in [7, 11) is 0. The van der Waals surface area contributed by atoms with Crippen LogP contribution in [0.2, 0.25) is 0 Å². The minimum Gasteiger partial charge on any atom is -0.352 e. The van der Waals surface area contributed by atoms with Gasteiger partial charge >= 0.3 is 0 Å². The summed E-state index contributed by atoms with van der Waals surface area (Å²) >= 11 is 0. The Kier molecular flexibility index (Phi) is 7.20. The summed E-state index contributed by atoms with van der Waals surface area (Å²) in [4.78, 5) is 33.2. The highest BCUT2D eigenvalue weighted by atomic mass is 16.2. The van der Waals surface area contributed by atoms with Crippen LogP contribution in [0.3, 0.4) is 0 Å². The Morgan fingerprint density at radius 2 is 1.86 bits per heavy atom. The van der Waals surface area contributed by atoms with Crippen molar-refractivity contribution in [1.29, 1.82) is 0 Å². The van der Waals surface area contributed by atoms with Gasteiger partial charge in [-0.1, -0.05) is 11.6 Å². The Labute approximate surface area is 168 Å². The highest BCUT2D eigenvalue weighted by Gasteiger charge is 2.31. The molecule has 0 spiro atoms. The van der Waals surface area contributed by atoms with Crippen molar-refractivity contribution >= 4 is 11.8 Å². The Morgan fingerprint density at radius 1 is 1.14 bits per heavy atom. The molecule has 3 heterocycles. The molecule has 2 aliphatic rings. The molecule has 6 nitrogen and oxygen atoms in total. The van der Waals surface area contributed by atoms with Crippen LogP contribution in [0.4, 0.5) is 0 Å². The van der Waals surface area contributed by atoms with Gasteiger partial charge in [-0.15, -0.1) is 0 Å². The molecule has 0 radical (unpaired) electrons. The number of rotatable bonds is 5. The van der Waals surface area contributed by atoms with E-state index in [4.69, 9.17) is 0 Å². The molecule has 6 heteroatoms. The molecule has 3 rings (SSSR count). The molecule has 2 amide bonds. The summed E-state index contributed by atoms with van der Waals surface area (Å²) in [6.45, 7) is 8.07. The van der Waals surface area contributed by atoms with Gasteiger partial charge in [-0.25, -0.2) is 0 Å². The van der Waals surface area contributed by atoms with Crippen molar-refractivity contribution in [3.8, 4) is 0 Å². The van der Waals surface area contributed by atoms with Gasteiger partial charge in [0.2, 0.25) is 11.8 Å². The van der Waals surface area contributed by atoms with Crippen LogP contribution >= 0.6 is 0 Å². The fourth-order valence-corrected chi connectivity index (χ4v) is 4.15. The second-order valence-corrected chi connectivity index (χ2v) is 8.17. The lowest BCUT2D eigenvalue weighted by Gasteiger charge is -2.41. The fourth-order valence-electron chi connectivity index (χ4n) is 4.15. The lowest BCUT2D eigenvalue weighted by atomic mass is 9.92. The number of hydrogen-bond acceptors (Lipinski definition) is 4. The maximum absolute atomic E-state index is 12.5. The maximum Gasteiger partial charge on any atom is 0.246 e. The van der Waals surface area contributed by atoms with Crippen LogP contribution in [0.5, 0.6) is 0 Å². The third kappa shape index (κ3) is 5.64. The fraction of sp³-hybridized carbons (Fsp3) is 0.591. The Morgan fingerprint density at radius 3 is 2.46 bits per heavy atom. The summed E-state index contributed by atoms with van der Waals surface area (Å²) in [5.74, 6) is 0.403. The first-order chi connectivity index (χ1) is 13.5. The number of pyridine rings is 1. The van der Waals surface area contributed by atoms with E-state index in [-0.39, 0.29) is 17.7 Å². The number of aromatic nitrogens is 1. The molecular formula is C22H32N4O2. The number of nitrogens with one attached hydrogen (secondary N) is 1. The Hall–Kier alpha value is -2.21. The van der Waals surface area contributed by atoms with Crippen molar-refractivity contribution in [2.75, 3.05) is 26.2 Å². The molecular weight excluding hydrogens is 352 g/mol. The molecule has 0 bridgehead atoms. The molecule has 1 N–H and O–H groups in total. The average molecular weight is 385 g/mol. The largest absolute Gasteiger partial charge is 0.352 e. The highest BCUT2D eigenvalue weighted by Crippen LogP contribution is 2.24. The number of nitrogens with zero attached hydrogens (tertiary/aromatic N) is 3. The zero-order valence-corrected chi connectivity index (χ0v) is 17.1. The molecule has 0 atom stereocenters. The lowest BCUT2D eigenvalue weighted by Crippen LogP contribution is -2.50. The first-order valence-corrected chi connectivity index (χ1v) is 10.4. The van der Waals surface area contributed by atoms with E-state index in [1.165, 1.54) is 0 Å². The van der Waals surface area contributed by atoms with E-state index in [0.717, 1.165) is 63.0 Å². The van der Waals surface area contributed by atoms with Gasteiger partial charge in [-0.2, -0.15) is 0 Å². The smallest absolute Gasteiger partial charge is 0.246 e. The molecule has 152 valence electrons. The van der Waals surface area contributed by atoms with Crippen molar-refractivity contribution < 1.29 is 9.59 Å². The number of hydrogen-bond donors (Lipinski definition) is 1. The standard InChI is InChI=1S/C22H32N4O2/c1-17(2)14-21(27)26-12-7-20(8-13-26)25-10-5-19(6-11-25)22(28)24-16-18-4-3-9-23-15-18/h3-4,9,14-15,19-20H,5-8,10-13,16H2,1-2H3,(H,24,28). The third-order valence-electron chi connectivity index (χ3n) is 5.79. The molecule has 0 aromatic carbocycles. The number of likely N-dealkylation sites (tertiary alicyclic amines) is 2. The van der Waals surface area contributed by atoms with Crippen molar-refractivity contribution in [3.63, 3.8) is 0 Å². The van der Waals surface area contributed by atoms with Crippen molar-refractivity contribution in [2.45, 2.75) is 52.1 Å². The molecule has 0 aliphatic carbocycles. The van der Waals surface area contributed by atoms with Crippen molar-refractivity contribution in [3.05, 3.63) is 41.7 Å². The van der Waals surface area contributed by atoms with E-state index >= 15 is 0 Å². The third-order valence-corrected chi connectivity index (χ3v) is 5.79. The zero-order valence-electron chi connectivity index (χ0n) is 17.1. The van der Waals surface area contributed by atoms with Crippen molar-refractivity contribution in [1.82, 2.24) is 20.1 Å². The molecule has 0 unspecified atom stereocenters. The first kappa shape index (κ1) is 20.5. The Balaban J connectivity index is 1.39. The highest BCUT2D eigenvalue weighted by molar-refractivity contribution is 5.88. The van der Waals surface area contributed by atoms with Crippen LogP contribution in [-0.2, 0) is 16.1 Å². The predicted molar refractivity (Wildman–Crippen MR) is 109 cm³/mol. The second-order valence-electron chi connectivity index (χ2n) is 8.17. The molecule has 2 fully saturated rings. The van der Waals surface area contributed by atoms with Crippen LogP contribution < -0.4 is 5.32 Å². The summed E-state index contributed by atoms with van der Waals surface area (Å²) in [5.41, 5.74) is 2.08. The van der Waals surface area contributed by atoms with Crippen LogP contribution in [0.1, 0.15) is 45.1 Å². The Bertz CT molecular complexity index is 684. The van der Waals surface area contributed by atoms with E-state index in [9.17, 15) is 9.59 Å². The normalized spacial score (nSPS) is 19.3. The quantitative estimate of drug-likeness (QED) is 0.792. The molecule has 1 aromatic rings. The average Bonchev–Trinajstić information content (AvgIpc) is 2.72. The van der Waals surface area contributed by atoms with Gasteiger partial charge in [-0.3, -0.25) is 14.6 Å². The van der Waals surface area contributed by atoms with Gasteiger partial charge in [0.05, 0.1) is 0 Å². The second kappa shape index (κ2) is 9.82. The van der Waals surface area contributed by atoms with Gasteiger partial charge in [-0.05, 0) is 64.3 Å². The lowest BCUT2D eigenvalue weighted by molar-refractivity contribution is -0.129. The number of piperidine rings is 2. The monoisotopic (exact) mass is 384 g/mol. The van der Waals surface area contributed by atoms with E-state index in [1.54, 1.807) is 18.5 Å². The molecule has 2 saturated heterocycles. The molecule has 2 aliphatic heterocycles. The molecule has 1 aromatic heterocycles. The number of carbonyl (C=O) groups excluding carboxylic acids is 2. The maximum atomic E-state index is 12.5. The number of allylic oxidation sites excluding steroid dienone is 1.